The molecule has 0 N–H and O–H groups in total. The van der Waals surface area contributed by atoms with Crippen molar-refractivity contribution in [1.29, 1.82) is 0 Å². The number of fused-ring (bicyclic) bond motifs is 1. The van der Waals surface area contributed by atoms with Crippen LogP contribution in [0.4, 0.5) is 0 Å². The Hall–Kier alpha value is -0.920. The van der Waals surface area contributed by atoms with Gasteiger partial charge in [-0.25, -0.2) is 0 Å². The van der Waals surface area contributed by atoms with E-state index in [9.17, 15) is 0 Å². The van der Waals surface area contributed by atoms with Crippen molar-refractivity contribution < 1.29 is 0 Å². The Labute approximate surface area is 55.0 Å². The van der Waals surface area contributed by atoms with Gasteiger partial charge >= 0.3 is 0 Å². The highest BCUT2D eigenvalue weighted by Gasteiger charge is 2.12. The zero-order chi connectivity index (χ0) is 6.10. The molecule has 0 aromatic rings. The summed E-state index contributed by atoms with van der Waals surface area (Å²) in [4.78, 5) is 0. The second-order valence-electron chi connectivity index (χ2n) is 2.34. The van der Waals surface area contributed by atoms with Crippen molar-refractivity contribution in [2.75, 3.05) is 13.1 Å². The maximum atomic E-state index is 2.24. The van der Waals surface area contributed by atoms with Gasteiger partial charge in [-0.3, -0.25) is 10.0 Å². The predicted molar refractivity (Wildman–Crippen MR) is 36.3 cm³/mol. The van der Waals surface area contributed by atoms with Crippen LogP contribution in [0, 0.1) is 0 Å². The molecule has 0 unspecified atom stereocenters. The van der Waals surface area contributed by atoms with Gasteiger partial charge in [-0.05, 0) is 12.5 Å². The molecule has 48 valence electrons. The van der Waals surface area contributed by atoms with E-state index >= 15 is 0 Å². The van der Waals surface area contributed by atoms with Crippen molar-refractivity contribution in [2.24, 2.45) is 0 Å². The summed E-state index contributed by atoms with van der Waals surface area (Å²) in [5.41, 5.74) is 0. The fourth-order valence-electron chi connectivity index (χ4n) is 1.22. The first-order chi connectivity index (χ1) is 4.47. The van der Waals surface area contributed by atoms with E-state index in [1.54, 1.807) is 0 Å². The van der Waals surface area contributed by atoms with Crippen molar-refractivity contribution in [2.45, 2.75) is 6.42 Å². The Morgan fingerprint density at radius 3 is 2.78 bits per heavy atom. The van der Waals surface area contributed by atoms with Crippen LogP contribution in [0.3, 0.4) is 0 Å². The Morgan fingerprint density at radius 1 is 1.00 bits per heavy atom. The van der Waals surface area contributed by atoms with E-state index in [2.05, 4.69) is 34.6 Å². The van der Waals surface area contributed by atoms with E-state index in [1.165, 1.54) is 6.42 Å². The van der Waals surface area contributed by atoms with Crippen LogP contribution in [-0.4, -0.2) is 23.1 Å². The highest BCUT2D eigenvalue weighted by Crippen LogP contribution is 2.12. The zero-order valence-electron chi connectivity index (χ0n) is 5.33. The van der Waals surface area contributed by atoms with Gasteiger partial charge in [-0.1, -0.05) is 6.08 Å². The molecular formula is C7H10N2. The van der Waals surface area contributed by atoms with E-state index in [1.807, 2.05) is 0 Å². The lowest BCUT2D eigenvalue weighted by atomic mass is 10.4. The van der Waals surface area contributed by atoms with Gasteiger partial charge in [-0.15, -0.1) is 0 Å². The molecule has 0 fully saturated rings. The molecule has 0 spiro atoms. The van der Waals surface area contributed by atoms with Gasteiger partial charge in [0.25, 0.3) is 0 Å². The average molecular weight is 122 g/mol. The molecule has 0 radical (unpaired) electrons. The van der Waals surface area contributed by atoms with Crippen LogP contribution >= 0.6 is 0 Å². The lowest BCUT2D eigenvalue weighted by Gasteiger charge is -2.30. The number of rotatable bonds is 0. The zero-order valence-corrected chi connectivity index (χ0v) is 5.33. The Balaban J connectivity index is 2.16. The largest absolute Gasteiger partial charge is 0.293 e. The van der Waals surface area contributed by atoms with Crippen molar-refractivity contribution in [1.82, 2.24) is 10.0 Å². The molecular weight excluding hydrogens is 112 g/mol. The molecule has 0 aromatic carbocycles. The number of hydrazine groups is 1. The fraction of sp³-hybridized carbons (Fsp3) is 0.429. The fourth-order valence-corrected chi connectivity index (χ4v) is 1.22. The molecule has 2 nitrogen and oxygen atoms in total. The summed E-state index contributed by atoms with van der Waals surface area (Å²) < 4.78 is 0. The number of nitrogens with zero attached hydrogens (tertiary/aromatic N) is 2. The standard InChI is InChI=1S/C7H10N2/c1-2-5-9-7-3-6-8(9)4-1/h1,3-4,7H,2,5-6H2. The topological polar surface area (TPSA) is 6.48 Å². The lowest BCUT2D eigenvalue weighted by Crippen LogP contribution is -2.33. The number of hydrogen-bond acceptors (Lipinski definition) is 2. The summed E-state index contributed by atoms with van der Waals surface area (Å²) in [5.74, 6) is 0. The normalized spacial score (nSPS) is 23.1. The summed E-state index contributed by atoms with van der Waals surface area (Å²) in [6.45, 7) is 2.20. The second-order valence-corrected chi connectivity index (χ2v) is 2.34. The molecule has 2 heteroatoms. The third kappa shape index (κ3) is 0.707. The molecule has 0 saturated carbocycles. The van der Waals surface area contributed by atoms with Crippen molar-refractivity contribution in [3.8, 4) is 0 Å². The van der Waals surface area contributed by atoms with E-state index < -0.39 is 0 Å². The van der Waals surface area contributed by atoms with Crippen LogP contribution < -0.4 is 0 Å². The first-order valence-electron chi connectivity index (χ1n) is 3.33. The van der Waals surface area contributed by atoms with Gasteiger partial charge in [0.05, 0.1) is 6.54 Å². The van der Waals surface area contributed by atoms with Gasteiger partial charge < -0.3 is 0 Å². The van der Waals surface area contributed by atoms with Gasteiger partial charge in [0.1, 0.15) is 0 Å². The predicted octanol–water partition coefficient (Wildman–Crippen LogP) is 0.950. The minimum absolute atomic E-state index is 1.05. The highest BCUT2D eigenvalue weighted by molar-refractivity contribution is 5.00. The Morgan fingerprint density at radius 2 is 1.89 bits per heavy atom. The van der Waals surface area contributed by atoms with Crippen LogP contribution in [0.5, 0.6) is 0 Å². The third-order valence-corrected chi connectivity index (χ3v) is 1.70. The monoisotopic (exact) mass is 122 g/mol. The average Bonchev–Trinajstić information content (AvgIpc) is 2.33. The molecule has 0 amide bonds. The smallest absolute Gasteiger partial charge is 0.0587 e. The Kier molecular flexibility index (Phi) is 0.979. The summed E-state index contributed by atoms with van der Waals surface area (Å²) in [5, 5.41) is 4.45. The first-order valence-corrected chi connectivity index (χ1v) is 3.33. The molecule has 2 rings (SSSR count). The van der Waals surface area contributed by atoms with Crippen LogP contribution in [0.2, 0.25) is 0 Å². The van der Waals surface area contributed by atoms with Crippen LogP contribution in [-0.2, 0) is 0 Å². The molecule has 0 atom stereocenters. The quantitative estimate of drug-likeness (QED) is 0.472. The van der Waals surface area contributed by atoms with Crippen molar-refractivity contribution >= 4 is 0 Å². The van der Waals surface area contributed by atoms with E-state index in [4.69, 9.17) is 0 Å². The summed E-state index contributed by atoms with van der Waals surface area (Å²) >= 11 is 0. The highest BCUT2D eigenvalue weighted by atomic mass is 15.6. The van der Waals surface area contributed by atoms with E-state index in [-0.39, 0.29) is 0 Å². The second kappa shape index (κ2) is 1.79. The number of hydrogen-bond donors (Lipinski definition) is 0. The van der Waals surface area contributed by atoms with E-state index in [0.29, 0.717) is 0 Å². The minimum atomic E-state index is 1.05. The molecule has 0 bridgehead atoms. The first kappa shape index (κ1) is 4.91. The SMILES string of the molecule is C1=CN2CC=CN2CC1. The van der Waals surface area contributed by atoms with Crippen molar-refractivity contribution in [3.05, 3.63) is 24.6 Å². The Bertz CT molecular complexity index is 160. The summed E-state index contributed by atoms with van der Waals surface area (Å²) in [6.07, 6.45) is 9.85. The van der Waals surface area contributed by atoms with Crippen molar-refractivity contribution in [3.63, 3.8) is 0 Å². The minimum Gasteiger partial charge on any atom is -0.293 e. The maximum Gasteiger partial charge on any atom is 0.0587 e. The van der Waals surface area contributed by atoms with Gasteiger partial charge in [-0.2, -0.15) is 0 Å². The molecule has 0 saturated heterocycles. The third-order valence-electron chi connectivity index (χ3n) is 1.70. The van der Waals surface area contributed by atoms with Gasteiger partial charge in [0.2, 0.25) is 0 Å². The summed E-state index contributed by atoms with van der Waals surface area (Å²) in [7, 11) is 0. The molecule has 0 aliphatic carbocycles. The van der Waals surface area contributed by atoms with E-state index in [0.717, 1.165) is 13.1 Å². The van der Waals surface area contributed by atoms with Gasteiger partial charge in [0.15, 0.2) is 0 Å². The molecule has 2 aliphatic rings. The maximum absolute atomic E-state index is 2.24. The van der Waals surface area contributed by atoms with Gasteiger partial charge in [0, 0.05) is 18.9 Å². The molecule has 0 aromatic heterocycles. The molecule has 2 aliphatic heterocycles. The lowest BCUT2D eigenvalue weighted by molar-refractivity contribution is 0.102. The van der Waals surface area contributed by atoms with Crippen LogP contribution in [0.1, 0.15) is 6.42 Å². The molecule has 2 heterocycles. The van der Waals surface area contributed by atoms with Crippen LogP contribution in [0.25, 0.3) is 0 Å². The molecule has 9 heavy (non-hydrogen) atoms. The summed E-state index contributed by atoms with van der Waals surface area (Å²) in [6, 6.07) is 0. The van der Waals surface area contributed by atoms with Crippen LogP contribution in [0.15, 0.2) is 24.6 Å².